The predicted molar refractivity (Wildman–Crippen MR) is 95.5 cm³/mol. The number of pyridine rings is 2. The fourth-order valence-corrected chi connectivity index (χ4v) is 3.57. The van der Waals surface area contributed by atoms with Crippen LogP contribution in [0.3, 0.4) is 0 Å². The number of rotatable bonds is 5. The largest absolute Gasteiger partial charge is 1.00 e. The monoisotopic (exact) mass is 388 g/mol. The minimum absolute atomic E-state index is 0. The number of aromatic nitrogens is 4. The molecule has 136 valence electrons. The molecule has 0 amide bonds. The number of methoxy groups -OCH3 is 2. The molecule has 0 saturated carbocycles. The SMILES string of the molecule is COc1ccc2[nH]c(S(=O)Cc3ncc(C)c(OC)c3C)nc2n1.O.[H-].[Na+]. The van der Waals surface area contributed by atoms with Crippen molar-refractivity contribution < 1.29 is 50.1 Å². The first-order valence-corrected chi connectivity index (χ1v) is 8.63. The Bertz CT molecular complexity index is 938. The minimum atomic E-state index is -1.37. The summed E-state index contributed by atoms with van der Waals surface area (Å²) < 4.78 is 23.1. The van der Waals surface area contributed by atoms with Crippen molar-refractivity contribution in [1.29, 1.82) is 0 Å². The first-order valence-electron chi connectivity index (χ1n) is 7.31. The summed E-state index contributed by atoms with van der Waals surface area (Å²) in [5.74, 6) is 1.49. The summed E-state index contributed by atoms with van der Waals surface area (Å²) in [6, 6.07) is 3.52. The van der Waals surface area contributed by atoms with Gasteiger partial charge in [-0.3, -0.25) is 9.19 Å². The Balaban J connectivity index is 0.00000225. The molecule has 0 aromatic carbocycles. The number of nitrogens with one attached hydrogen (secondary N) is 1. The zero-order valence-corrected chi connectivity index (χ0v) is 18.2. The van der Waals surface area contributed by atoms with Crippen molar-refractivity contribution in [3.63, 3.8) is 0 Å². The molecule has 10 heteroatoms. The van der Waals surface area contributed by atoms with E-state index in [0.717, 1.165) is 22.6 Å². The van der Waals surface area contributed by atoms with Crippen molar-refractivity contribution in [2.24, 2.45) is 0 Å². The molecule has 1 atom stereocenters. The quantitative estimate of drug-likeness (QED) is 0.536. The number of aryl methyl sites for hydroxylation is 1. The number of fused-ring (bicyclic) bond motifs is 1. The molecule has 0 radical (unpaired) electrons. The van der Waals surface area contributed by atoms with Crippen LogP contribution in [0.4, 0.5) is 0 Å². The van der Waals surface area contributed by atoms with Gasteiger partial charge in [-0.15, -0.1) is 0 Å². The molecule has 3 heterocycles. The molecule has 3 N–H and O–H groups in total. The summed E-state index contributed by atoms with van der Waals surface area (Å²) in [5.41, 5.74) is 3.75. The van der Waals surface area contributed by atoms with Crippen LogP contribution in [-0.4, -0.2) is 43.8 Å². The van der Waals surface area contributed by atoms with Gasteiger partial charge in [-0.25, -0.2) is 4.98 Å². The maximum Gasteiger partial charge on any atom is 1.00 e. The molecule has 26 heavy (non-hydrogen) atoms. The summed E-state index contributed by atoms with van der Waals surface area (Å²) in [5, 5.41) is 0.367. The van der Waals surface area contributed by atoms with E-state index in [1.165, 1.54) is 0 Å². The van der Waals surface area contributed by atoms with Crippen molar-refractivity contribution in [2.45, 2.75) is 24.8 Å². The summed E-state index contributed by atoms with van der Waals surface area (Å²) in [6.07, 6.45) is 1.73. The van der Waals surface area contributed by atoms with Crippen molar-refractivity contribution in [1.82, 2.24) is 19.9 Å². The van der Waals surface area contributed by atoms with Crippen LogP contribution in [0.2, 0.25) is 0 Å². The van der Waals surface area contributed by atoms with Crippen LogP contribution in [0.15, 0.2) is 23.5 Å². The smallest absolute Gasteiger partial charge is 1.00 e. The molecule has 0 bridgehead atoms. The molecule has 3 rings (SSSR count). The van der Waals surface area contributed by atoms with E-state index in [0.29, 0.717) is 22.2 Å². The van der Waals surface area contributed by atoms with Crippen LogP contribution in [0.5, 0.6) is 11.6 Å². The maximum atomic E-state index is 12.7. The Hall–Kier alpha value is -1.52. The van der Waals surface area contributed by atoms with Gasteiger partial charge in [0.15, 0.2) is 10.8 Å². The molecule has 0 aliphatic rings. The van der Waals surface area contributed by atoms with Crippen molar-refractivity contribution in [2.75, 3.05) is 14.2 Å². The van der Waals surface area contributed by atoms with Gasteiger partial charge in [0.2, 0.25) is 5.88 Å². The van der Waals surface area contributed by atoms with Crippen LogP contribution in [-0.2, 0) is 16.6 Å². The van der Waals surface area contributed by atoms with E-state index in [1.807, 2.05) is 13.8 Å². The fraction of sp³-hybridized carbons (Fsp3) is 0.312. The third kappa shape index (κ3) is 4.41. The number of hydrogen-bond acceptors (Lipinski definition) is 6. The van der Waals surface area contributed by atoms with Gasteiger partial charge in [-0.1, -0.05) is 0 Å². The molecule has 3 aromatic rings. The second-order valence-corrected chi connectivity index (χ2v) is 6.67. The van der Waals surface area contributed by atoms with Gasteiger partial charge in [0, 0.05) is 23.4 Å². The predicted octanol–water partition coefficient (Wildman–Crippen LogP) is -1.41. The molecule has 0 fully saturated rings. The number of hydrogen-bond donors (Lipinski definition) is 1. The summed E-state index contributed by atoms with van der Waals surface area (Å²) in [4.78, 5) is 15.9. The Morgan fingerprint density at radius 2 is 1.92 bits per heavy atom. The first kappa shape index (κ1) is 22.5. The first-order chi connectivity index (χ1) is 11.5. The third-order valence-electron chi connectivity index (χ3n) is 3.74. The van der Waals surface area contributed by atoms with Gasteiger partial charge in [0.25, 0.3) is 0 Å². The Morgan fingerprint density at radius 1 is 1.19 bits per heavy atom. The molecule has 0 aliphatic heterocycles. The second-order valence-electron chi connectivity index (χ2n) is 5.30. The second kappa shape index (κ2) is 9.43. The van der Waals surface area contributed by atoms with Gasteiger partial charge >= 0.3 is 29.6 Å². The Labute approximate surface area is 177 Å². The molecule has 0 saturated heterocycles. The maximum absolute atomic E-state index is 12.7. The van der Waals surface area contributed by atoms with E-state index >= 15 is 0 Å². The van der Waals surface area contributed by atoms with Gasteiger partial charge in [-0.2, -0.15) is 4.98 Å². The molecular weight excluding hydrogens is 367 g/mol. The number of imidazole rings is 1. The number of ether oxygens (including phenoxy) is 2. The van der Waals surface area contributed by atoms with Crippen LogP contribution >= 0.6 is 0 Å². The molecule has 3 aromatic heterocycles. The number of nitrogens with zero attached hydrogens (tertiary/aromatic N) is 3. The zero-order valence-electron chi connectivity index (χ0n) is 16.4. The zero-order chi connectivity index (χ0) is 17.3. The van der Waals surface area contributed by atoms with Crippen molar-refractivity contribution in [3.05, 3.63) is 35.2 Å². The Morgan fingerprint density at radius 3 is 2.58 bits per heavy atom. The summed E-state index contributed by atoms with van der Waals surface area (Å²) in [6.45, 7) is 3.84. The van der Waals surface area contributed by atoms with Crippen LogP contribution in [0.25, 0.3) is 11.2 Å². The molecular formula is C16H21N4NaO4S. The average Bonchev–Trinajstić information content (AvgIpc) is 3.01. The molecule has 0 spiro atoms. The standard InChI is InChI=1S/C16H18N4O3S.Na.H2O.H/c1-9-7-17-12(10(2)14(9)23-4)8-24(21)16-18-11-5-6-13(22-3)19-15(11)20-16;;;/h5-7H,8H2,1-4H3,(H,18,19,20);;1H2;/q;+1;;-1. The van der Waals surface area contributed by atoms with Crippen LogP contribution in [0, 0.1) is 13.8 Å². The molecule has 1 unspecified atom stereocenters. The number of H-pyrrole nitrogens is 1. The topological polar surface area (TPSA) is 121 Å². The van der Waals surface area contributed by atoms with E-state index in [-0.39, 0.29) is 42.2 Å². The van der Waals surface area contributed by atoms with Gasteiger partial charge in [-0.05, 0) is 19.9 Å². The van der Waals surface area contributed by atoms with Crippen molar-refractivity contribution >= 4 is 22.0 Å². The van der Waals surface area contributed by atoms with Gasteiger partial charge in [0.1, 0.15) is 5.75 Å². The van der Waals surface area contributed by atoms with Crippen LogP contribution < -0.4 is 39.0 Å². The van der Waals surface area contributed by atoms with Gasteiger partial charge in [0.05, 0.1) is 42.0 Å². The minimum Gasteiger partial charge on any atom is -1.00 e. The van der Waals surface area contributed by atoms with E-state index < -0.39 is 10.8 Å². The molecule has 8 nitrogen and oxygen atoms in total. The van der Waals surface area contributed by atoms with E-state index in [2.05, 4.69) is 19.9 Å². The van der Waals surface area contributed by atoms with E-state index in [1.54, 1.807) is 32.5 Å². The Kier molecular flexibility index (Phi) is 8.16. The fourth-order valence-electron chi connectivity index (χ4n) is 2.48. The van der Waals surface area contributed by atoms with E-state index in [4.69, 9.17) is 9.47 Å². The molecule has 0 aliphatic carbocycles. The van der Waals surface area contributed by atoms with E-state index in [9.17, 15) is 4.21 Å². The summed E-state index contributed by atoms with van der Waals surface area (Å²) in [7, 11) is 1.79. The van der Waals surface area contributed by atoms with Gasteiger partial charge < -0.3 is 21.4 Å². The third-order valence-corrected chi connectivity index (χ3v) is 4.90. The van der Waals surface area contributed by atoms with Crippen LogP contribution in [0.1, 0.15) is 18.2 Å². The summed E-state index contributed by atoms with van der Waals surface area (Å²) >= 11 is 0. The number of aromatic amines is 1. The normalized spacial score (nSPS) is 11.4. The average molecular weight is 388 g/mol. The van der Waals surface area contributed by atoms with Crippen molar-refractivity contribution in [3.8, 4) is 11.6 Å².